The molecule has 0 aliphatic carbocycles. The maximum Gasteiger partial charge on any atom is 0.341 e. The van der Waals surface area contributed by atoms with Gasteiger partial charge in [0, 0.05) is 35.1 Å². The first-order valence-corrected chi connectivity index (χ1v) is 8.89. The van der Waals surface area contributed by atoms with Gasteiger partial charge in [0.25, 0.3) is 0 Å². The van der Waals surface area contributed by atoms with Crippen LogP contribution in [0.15, 0.2) is 41.6 Å². The number of halogens is 1. The summed E-state index contributed by atoms with van der Waals surface area (Å²) in [7, 11) is -3.84. The molecule has 25 heavy (non-hydrogen) atoms. The summed E-state index contributed by atoms with van der Waals surface area (Å²) in [6.45, 7) is -1.03. The molecule has 0 atom stereocenters. The van der Waals surface area contributed by atoms with Gasteiger partial charge in [-0.25, -0.2) is 17.9 Å². The first-order chi connectivity index (χ1) is 11.8. The van der Waals surface area contributed by atoms with Crippen molar-refractivity contribution in [2.75, 3.05) is 19.8 Å². The molecule has 0 bridgehead atoms. The van der Waals surface area contributed by atoms with Crippen LogP contribution in [0.3, 0.4) is 0 Å². The molecule has 3 N–H and O–H groups in total. The van der Waals surface area contributed by atoms with Crippen LogP contribution in [0, 0.1) is 0 Å². The van der Waals surface area contributed by atoms with E-state index in [4.69, 9.17) is 26.6 Å². The minimum atomic E-state index is -3.84. The molecule has 1 aromatic carbocycles. The first-order valence-electron chi connectivity index (χ1n) is 7.03. The largest absolute Gasteiger partial charge is 0.481 e. The van der Waals surface area contributed by atoms with Crippen molar-refractivity contribution in [3.05, 3.63) is 41.7 Å². The number of ether oxygens (including phenoxy) is 1. The molecule has 2 rings (SSSR count). The van der Waals surface area contributed by atoms with Crippen molar-refractivity contribution in [2.24, 2.45) is 0 Å². The zero-order valence-electron chi connectivity index (χ0n) is 12.8. The molecule has 0 aliphatic rings. The molecule has 0 unspecified atom stereocenters. The van der Waals surface area contributed by atoms with Crippen LogP contribution >= 0.6 is 11.6 Å². The van der Waals surface area contributed by atoms with E-state index in [9.17, 15) is 13.2 Å². The van der Waals surface area contributed by atoms with Gasteiger partial charge in [0.05, 0.1) is 6.61 Å². The number of aliphatic hydroxyl groups is 1. The topological polar surface area (TPSA) is 126 Å². The number of carboxylic acid groups (broad SMARTS) is 1. The molecular weight excluding hydrogens is 372 g/mol. The van der Waals surface area contributed by atoms with Gasteiger partial charge in [-0.2, -0.15) is 0 Å². The van der Waals surface area contributed by atoms with Crippen molar-refractivity contribution >= 4 is 27.6 Å². The van der Waals surface area contributed by atoms with Gasteiger partial charge in [-0.1, -0.05) is 11.6 Å². The number of sulfonamides is 1. The summed E-state index contributed by atoms with van der Waals surface area (Å²) in [5, 5.41) is 17.9. The Morgan fingerprint density at radius 2 is 2.04 bits per heavy atom. The highest BCUT2D eigenvalue weighted by Gasteiger charge is 2.16. The number of nitrogens with zero attached hydrogens (tertiary/aromatic N) is 1. The van der Waals surface area contributed by atoms with E-state index in [0.717, 1.165) is 6.20 Å². The van der Waals surface area contributed by atoms with Crippen molar-refractivity contribution in [1.82, 2.24) is 9.71 Å². The monoisotopic (exact) mass is 386 g/mol. The summed E-state index contributed by atoms with van der Waals surface area (Å²) >= 11 is 5.98. The summed E-state index contributed by atoms with van der Waals surface area (Å²) in [5.41, 5.74) is 0.787. The van der Waals surface area contributed by atoms with Gasteiger partial charge in [0.15, 0.2) is 6.61 Å². The zero-order valence-corrected chi connectivity index (χ0v) is 14.4. The van der Waals surface area contributed by atoms with Gasteiger partial charge in [0.2, 0.25) is 10.0 Å². The number of benzene rings is 1. The van der Waals surface area contributed by atoms with Crippen LogP contribution in [0.2, 0.25) is 5.02 Å². The number of carboxylic acids is 1. The highest BCUT2D eigenvalue weighted by atomic mass is 35.5. The normalized spacial score (nSPS) is 11.3. The quantitative estimate of drug-likeness (QED) is 0.620. The van der Waals surface area contributed by atoms with E-state index in [-0.39, 0.29) is 23.8 Å². The Hall–Kier alpha value is -2.20. The third kappa shape index (κ3) is 5.13. The Bertz CT molecular complexity index is 872. The molecule has 0 fully saturated rings. The Balaban J connectivity index is 2.43. The molecular formula is C15H15ClN2O6S. The standard InChI is InChI=1S/C15H15ClN2O6S/c16-11-1-2-14(24-9-15(20)21)13(6-11)10-5-12(8-17-7-10)25(22,23)18-3-4-19/h1-2,5-8,18-19H,3-4,9H2,(H,20,21). The van der Waals surface area contributed by atoms with Crippen molar-refractivity contribution < 1.29 is 28.2 Å². The highest BCUT2D eigenvalue weighted by molar-refractivity contribution is 7.89. The minimum Gasteiger partial charge on any atom is -0.481 e. The second-order valence-corrected chi connectivity index (χ2v) is 7.06. The van der Waals surface area contributed by atoms with E-state index in [1.807, 2.05) is 0 Å². The highest BCUT2D eigenvalue weighted by Crippen LogP contribution is 2.33. The molecule has 1 heterocycles. The van der Waals surface area contributed by atoms with E-state index in [1.165, 1.54) is 30.5 Å². The van der Waals surface area contributed by atoms with Crippen LogP contribution in [0.5, 0.6) is 5.75 Å². The van der Waals surface area contributed by atoms with Crippen LogP contribution in [0.25, 0.3) is 11.1 Å². The fourth-order valence-corrected chi connectivity index (χ4v) is 3.15. The second kappa shape index (κ2) is 8.26. The summed E-state index contributed by atoms with van der Waals surface area (Å²) in [5.74, 6) is -0.921. The third-order valence-electron chi connectivity index (χ3n) is 3.03. The molecule has 0 radical (unpaired) electrons. The lowest BCUT2D eigenvalue weighted by molar-refractivity contribution is -0.139. The Morgan fingerprint density at radius 3 is 2.72 bits per heavy atom. The first kappa shape index (κ1) is 19.1. The van der Waals surface area contributed by atoms with Gasteiger partial charge in [-0.05, 0) is 24.3 Å². The van der Waals surface area contributed by atoms with Crippen LogP contribution in [-0.2, 0) is 14.8 Å². The lowest BCUT2D eigenvalue weighted by Gasteiger charge is -2.12. The average molecular weight is 387 g/mol. The lowest BCUT2D eigenvalue weighted by Crippen LogP contribution is -2.26. The van der Waals surface area contributed by atoms with E-state index < -0.39 is 22.6 Å². The number of rotatable bonds is 8. The maximum atomic E-state index is 12.1. The number of hydrogen-bond donors (Lipinski definition) is 3. The number of nitrogens with one attached hydrogen (secondary N) is 1. The molecule has 134 valence electrons. The molecule has 0 saturated carbocycles. The maximum absolute atomic E-state index is 12.1. The zero-order chi connectivity index (χ0) is 18.4. The van der Waals surface area contributed by atoms with Gasteiger partial charge in [-0.15, -0.1) is 0 Å². The molecule has 2 aromatic rings. The van der Waals surface area contributed by atoms with Gasteiger partial charge in [0.1, 0.15) is 10.6 Å². The molecule has 0 saturated heterocycles. The van der Waals surface area contributed by atoms with Gasteiger partial charge < -0.3 is 14.9 Å². The SMILES string of the molecule is O=C(O)COc1ccc(Cl)cc1-c1cncc(S(=O)(=O)NCCO)c1. The van der Waals surface area contributed by atoms with Crippen molar-refractivity contribution in [2.45, 2.75) is 4.90 Å². The number of carbonyl (C=O) groups is 1. The molecule has 0 amide bonds. The fourth-order valence-electron chi connectivity index (χ4n) is 1.97. The van der Waals surface area contributed by atoms with Gasteiger partial charge in [-0.3, -0.25) is 4.98 Å². The Morgan fingerprint density at radius 1 is 1.28 bits per heavy atom. The Kier molecular flexibility index (Phi) is 6.32. The van der Waals surface area contributed by atoms with Crippen molar-refractivity contribution in [3.8, 4) is 16.9 Å². The minimum absolute atomic E-state index is 0.109. The van der Waals surface area contributed by atoms with Gasteiger partial charge >= 0.3 is 5.97 Å². The number of hydrogen-bond acceptors (Lipinski definition) is 6. The molecule has 0 aliphatic heterocycles. The number of aliphatic carboxylic acids is 1. The average Bonchev–Trinajstić information content (AvgIpc) is 2.59. The third-order valence-corrected chi connectivity index (χ3v) is 4.69. The molecule has 8 nitrogen and oxygen atoms in total. The summed E-state index contributed by atoms with van der Waals surface area (Å²) < 4.78 is 31.7. The van der Waals surface area contributed by atoms with E-state index in [0.29, 0.717) is 16.1 Å². The summed E-state index contributed by atoms with van der Waals surface area (Å²) in [4.78, 5) is 14.5. The van der Waals surface area contributed by atoms with Crippen LogP contribution < -0.4 is 9.46 Å². The number of aliphatic hydroxyl groups excluding tert-OH is 1. The van der Waals surface area contributed by atoms with Crippen LogP contribution in [-0.4, -0.2) is 49.3 Å². The number of pyridine rings is 1. The summed E-state index contributed by atoms with van der Waals surface area (Å²) in [6, 6.07) is 5.89. The smallest absolute Gasteiger partial charge is 0.341 e. The fraction of sp³-hybridized carbons (Fsp3) is 0.200. The predicted octanol–water partition coefficient (Wildman–Crippen LogP) is 1.14. The number of aromatic nitrogens is 1. The lowest BCUT2D eigenvalue weighted by atomic mass is 10.1. The predicted molar refractivity (Wildman–Crippen MR) is 90.1 cm³/mol. The van der Waals surface area contributed by atoms with E-state index in [1.54, 1.807) is 0 Å². The molecule has 0 spiro atoms. The van der Waals surface area contributed by atoms with Crippen molar-refractivity contribution in [1.29, 1.82) is 0 Å². The Labute approximate surface area is 149 Å². The second-order valence-electron chi connectivity index (χ2n) is 4.85. The van der Waals surface area contributed by atoms with Crippen LogP contribution in [0.4, 0.5) is 0 Å². The molecule has 1 aromatic heterocycles. The van der Waals surface area contributed by atoms with E-state index >= 15 is 0 Å². The van der Waals surface area contributed by atoms with E-state index in [2.05, 4.69) is 9.71 Å². The van der Waals surface area contributed by atoms with Crippen LogP contribution in [0.1, 0.15) is 0 Å². The molecule has 10 heteroatoms. The van der Waals surface area contributed by atoms with Crippen molar-refractivity contribution in [3.63, 3.8) is 0 Å². The summed E-state index contributed by atoms with van der Waals surface area (Å²) in [6.07, 6.45) is 2.57.